The third-order valence-electron chi connectivity index (χ3n) is 4.33. The van der Waals surface area contributed by atoms with Gasteiger partial charge in [-0.3, -0.25) is 9.59 Å². The van der Waals surface area contributed by atoms with Gasteiger partial charge in [-0.1, -0.05) is 35.9 Å². The van der Waals surface area contributed by atoms with E-state index in [1.54, 1.807) is 41.0 Å². The summed E-state index contributed by atoms with van der Waals surface area (Å²) in [7, 11) is 0. The number of piperazine rings is 1. The summed E-state index contributed by atoms with van der Waals surface area (Å²) in [4.78, 5) is 28.8. The number of halogens is 1. The van der Waals surface area contributed by atoms with Crippen molar-refractivity contribution >= 4 is 29.1 Å². The maximum atomic E-state index is 12.8. The van der Waals surface area contributed by atoms with Gasteiger partial charge < -0.3 is 9.80 Å². The van der Waals surface area contributed by atoms with Crippen molar-refractivity contribution in [2.24, 2.45) is 0 Å². The van der Waals surface area contributed by atoms with Crippen molar-refractivity contribution in [1.29, 1.82) is 0 Å². The smallest absolute Gasteiger partial charge is 0.256 e. The monoisotopic (exact) mass is 342 g/mol. The molecule has 2 aromatic carbocycles. The van der Waals surface area contributed by atoms with Crippen LogP contribution in [0.1, 0.15) is 22.8 Å². The van der Waals surface area contributed by atoms with Crippen molar-refractivity contribution in [2.45, 2.75) is 19.9 Å². The number of aryl methyl sites for hydroxylation is 1. The summed E-state index contributed by atoms with van der Waals surface area (Å²) in [6, 6.07) is 14.2. The number of carbonyl (C=O) groups is 2. The van der Waals surface area contributed by atoms with E-state index < -0.39 is 6.04 Å². The lowest BCUT2D eigenvalue weighted by Gasteiger charge is -2.39. The molecule has 24 heavy (non-hydrogen) atoms. The van der Waals surface area contributed by atoms with Crippen LogP contribution < -0.4 is 4.90 Å². The van der Waals surface area contributed by atoms with Crippen molar-refractivity contribution in [3.63, 3.8) is 0 Å². The first-order valence-corrected chi connectivity index (χ1v) is 8.30. The van der Waals surface area contributed by atoms with Crippen molar-refractivity contribution in [1.82, 2.24) is 4.90 Å². The van der Waals surface area contributed by atoms with Crippen molar-refractivity contribution < 1.29 is 9.59 Å². The molecule has 0 spiro atoms. The zero-order valence-electron chi connectivity index (χ0n) is 13.7. The lowest BCUT2D eigenvalue weighted by atomic mass is 10.1. The van der Waals surface area contributed by atoms with Gasteiger partial charge in [0.15, 0.2) is 0 Å². The van der Waals surface area contributed by atoms with Crippen LogP contribution in [0.2, 0.25) is 5.02 Å². The number of carbonyl (C=O) groups excluding carboxylic acids is 2. The molecule has 0 saturated carbocycles. The Kier molecular flexibility index (Phi) is 4.58. The standard InChI is InChI=1S/C19H19ClN2O2/c1-13-6-5-7-15(12-13)22-11-10-21(14(2)18(22)23)19(24)16-8-3-4-9-17(16)20/h3-9,12,14H,10-11H2,1-2H3. The van der Waals surface area contributed by atoms with E-state index in [2.05, 4.69) is 0 Å². The first-order chi connectivity index (χ1) is 11.5. The fourth-order valence-electron chi connectivity index (χ4n) is 2.99. The Labute approximate surface area is 146 Å². The quantitative estimate of drug-likeness (QED) is 0.837. The molecular formula is C19H19ClN2O2. The largest absolute Gasteiger partial charge is 0.325 e. The fourth-order valence-corrected chi connectivity index (χ4v) is 3.21. The van der Waals surface area contributed by atoms with Crippen LogP contribution >= 0.6 is 11.6 Å². The van der Waals surface area contributed by atoms with E-state index >= 15 is 0 Å². The molecule has 3 rings (SSSR count). The van der Waals surface area contributed by atoms with E-state index in [1.807, 2.05) is 31.2 Å². The van der Waals surface area contributed by atoms with Crippen LogP contribution in [0.25, 0.3) is 0 Å². The molecule has 0 aromatic heterocycles. The Bertz CT molecular complexity index is 790. The SMILES string of the molecule is Cc1cccc(N2CCN(C(=O)c3ccccc3Cl)C(C)C2=O)c1. The highest BCUT2D eigenvalue weighted by atomic mass is 35.5. The molecular weight excluding hydrogens is 324 g/mol. The second-order valence-corrected chi connectivity index (χ2v) is 6.39. The van der Waals surface area contributed by atoms with Gasteiger partial charge in [0.05, 0.1) is 10.6 Å². The summed E-state index contributed by atoms with van der Waals surface area (Å²) >= 11 is 6.12. The van der Waals surface area contributed by atoms with Crippen molar-refractivity contribution in [3.8, 4) is 0 Å². The Hall–Kier alpha value is -2.33. The summed E-state index contributed by atoms with van der Waals surface area (Å²) in [5.74, 6) is -0.280. The van der Waals surface area contributed by atoms with Crippen LogP contribution in [0.4, 0.5) is 5.69 Å². The van der Waals surface area contributed by atoms with Crippen LogP contribution in [-0.2, 0) is 4.79 Å². The minimum Gasteiger partial charge on any atom is -0.325 e. The number of benzene rings is 2. The molecule has 1 aliphatic rings. The number of rotatable bonds is 2. The van der Waals surface area contributed by atoms with Gasteiger partial charge >= 0.3 is 0 Å². The highest BCUT2D eigenvalue weighted by Gasteiger charge is 2.35. The number of hydrogen-bond acceptors (Lipinski definition) is 2. The van der Waals surface area contributed by atoms with Crippen molar-refractivity contribution in [3.05, 3.63) is 64.7 Å². The summed E-state index contributed by atoms with van der Waals surface area (Å²) in [6.45, 7) is 4.71. The maximum Gasteiger partial charge on any atom is 0.256 e. The van der Waals surface area contributed by atoms with Gasteiger partial charge in [-0.25, -0.2) is 0 Å². The molecule has 0 aliphatic carbocycles. The molecule has 2 aromatic rings. The Morgan fingerprint density at radius 1 is 1.12 bits per heavy atom. The number of amides is 2. The lowest BCUT2D eigenvalue weighted by Crippen LogP contribution is -2.57. The van der Waals surface area contributed by atoms with E-state index in [-0.39, 0.29) is 11.8 Å². The average molecular weight is 343 g/mol. The first-order valence-electron chi connectivity index (χ1n) is 7.92. The number of nitrogens with zero attached hydrogens (tertiary/aromatic N) is 2. The minimum atomic E-state index is -0.525. The topological polar surface area (TPSA) is 40.6 Å². The van der Waals surface area contributed by atoms with E-state index in [0.717, 1.165) is 11.3 Å². The molecule has 1 fully saturated rings. The minimum absolute atomic E-state index is 0.0766. The number of anilines is 1. The molecule has 5 heteroatoms. The zero-order valence-corrected chi connectivity index (χ0v) is 14.5. The molecule has 124 valence electrons. The molecule has 1 heterocycles. The average Bonchev–Trinajstić information content (AvgIpc) is 2.57. The van der Waals surface area contributed by atoms with Crippen LogP contribution in [0.15, 0.2) is 48.5 Å². The van der Waals surface area contributed by atoms with Crippen LogP contribution in [-0.4, -0.2) is 35.8 Å². The van der Waals surface area contributed by atoms with Gasteiger partial charge in [0.1, 0.15) is 6.04 Å². The molecule has 1 atom stereocenters. The normalized spacial score (nSPS) is 18.0. The third-order valence-corrected chi connectivity index (χ3v) is 4.66. The molecule has 1 unspecified atom stereocenters. The first kappa shape index (κ1) is 16.5. The summed E-state index contributed by atoms with van der Waals surface area (Å²) < 4.78 is 0. The second-order valence-electron chi connectivity index (χ2n) is 5.98. The zero-order chi connectivity index (χ0) is 17.3. The van der Waals surface area contributed by atoms with Gasteiger partial charge in [0.2, 0.25) is 5.91 Å². The summed E-state index contributed by atoms with van der Waals surface area (Å²) in [5, 5.41) is 0.406. The van der Waals surface area contributed by atoms with Crippen LogP contribution in [0.5, 0.6) is 0 Å². The molecule has 0 N–H and O–H groups in total. The Morgan fingerprint density at radius 3 is 2.58 bits per heavy atom. The Balaban J connectivity index is 1.83. The highest BCUT2D eigenvalue weighted by molar-refractivity contribution is 6.33. The predicted molar refractivity (Wildman–Crippen MR) is 95.5 cm³/mol. The summed E-state index contributed by atoms with van der Waals surface area (Å²) in [5.41, 5.74) is 2.40. The van der Waals surface area contributed by atoms with Gasteiger partial charge in [-0.2, -0.15) is 0 Å². The van der Waals surface area contributed by atoms with E-state index in [1.165, 1.54) is 0 Å². The Morgan fingerprint density at radius 2 is 1.88 bits per heavy atom. The van der Waals surface area contributed by atoms with Crippen LogP contribution in [0.3, 0.4) is 0 Å². The van der Waals surface area contributed by atoms with Crippen molar-refractivity contribution in [2.75, 3.05) is 18.0 Å². The highest BCUT2D eigenvalue weighted by Crippen LogP contribution is 2.24. The van der Waals surface area contributed by atoms with Gasteiger partial charge in [-0.15, -0.1) is 0 Å². The van der Waals surface area contributed by atoms with Crippen LogP contribution in [0, 0.1) is 6.92 Å². The van der Waals surface area contributed by atoms with Gasteiger partial charge in [0, 0.05) is 18.8 Å². The fraction of sp³-hybridized carbons (Fsp3) is 0.263. The van der Waals surface area contributed by atoms with Gasteiger partial charge in [-0.05, 0) is 43.7 Å². The molecule has 1 saturated heterocycles. The molecule has 4 nitrogen and oxygen atoms in total. The number of hydrogen-bond donors (Lipinski definition) is 0. The molecule has 0 bridgehead atoms. The van der Waals surface area contributed by atoms with E-state index in [9.17, 15) is 9.59 Å². The van der Waals surface area contributed by atoms with E-state index in [0.29, 0.717) is 23.7 Å². The molecule has 1 aliphatic heterocycles. The van der Waals surface area contributed by atoms with E-state index in [4.69, 9.17) is 11.6 Å². The second kappa shape index (κ2) is 6.65. The summed E-state index contributed by atoms with van der Waals surface area (Å²) in [6.07, 6.45) is 0. The lowest BCUT2D eigenvalue weighted by molar-refractivity contribution is -0.124. The predicted octanol–water partition coefficient (Wildman–Crippen LogP) is 3.53. The third kappa shape index (κ3) is 3.02. The van der Waals surface area contributed by atoms with Gasteiger partial charge in [0.25, 0.3) is 5.91 Å². The molecule has 0 radical (unpaired) electrons. The maximum absolute atomic E-state index is 12.8. The molecule has 2 amide bonds.